The number of aliphatic hydroxyl groups excluding tert-OH is 1. The number of aliphatic hydroxyl groups is 1. The number of carbonyl (C=O) groups excluding carboxylic acids is 6. The lowest BCUT2D eigenvalue weighted by Crippen LogP contribution is -2.50. The van der Waals surface area contributed by atoms with Gasteiger partial charge >= 0.3 is 12.2 Å². The summed E-state index contributed by atoms with van der Waals surface area (Å²) in [4.78, 5) is 88.4. The van der Waals surface area contributed by atoms with Crippen LogP contribution in [-0.4, -0.2) is 122 Å². The van der Waals surface area contributed by atoms with Gasteiger partial charge in [-0.25, -0.2) is 14.5 Å². The summed E-state index contributed by atoms with van der Waals surface area (Å²) in [6.07, 6.45) is 3.73. The second-order valence-corrected chi connectivity index (χ2v) is 21.9. The van der Waals surface area contributed by atoms with E-state index in [4.69, 9.17) is 28.4 Å². The Morgan fingerprint density at radius 2 is 1.48 bits per heavy atom. The summed E-state index contributed by atoms with van der Waals surface area (Å²) < 4.78 is 35.4. The van der Waals surface area contributed by atoms with E-state index >= 15 is 0 Å². The van der Waals surface area contributed by atoms with Crippen molar-refractivity contribution in [2.75, 3.05) is 56.9 Å². The molecule has 1 aliphatic carbocycles. The number of methoxy groups -OCH3 is 2. The average molecular weight is 1080 g/mol. The molecule has 5 amide bonds. The van der Waals surface area contributed by atoms with Crippen LogP contribution in [0.1, 0.15) is 108 Å². The number of amides is 5. The quantitative estimate of drug-likeness (QED) is 0.0666. The molecule has 418 valence electrons. The first-order valence-electron chi connectivity index (χ1n) is 27.1. The van der Waals surface area contributed by atoms with Gasteiger partial charge in [-0.15, -0.1) is 0 Å². The molecular weight excluding hydrogens is 1010 g/mol. The van der Waals surface area contributed by atoms with Crippen molar-refractivity contribution in [1.82, 2.24) is 15.1 Å². The van der Waals surface area contributed by atoms with Gasteiger partial charge < -0.3 is 48.6 Å². The van der Waals surface area contributed by atoms with Crippen molar-refractivity contribution >= 4 is 52.6 Å². The molecule has 9 rings (SSSR count). The summed E-state index contributed by atoms with van der Waals surface area (Å²) in [5.41, 5.74) is 5.64. The number of anilines is 2. The Morgan fingerprint density at radius 1 is 0.797 bits per heavy atom. The van der Waals surface area contributed by atoms with E-state index in [1.165, 1.54) is 18.1 Å². The molecule has 1 saturated heterocycles. The predicted octanol–water partition coefficient (Wildman–Crippen LogP) is 8.95. The molecule has 4 aromatic carbocycles. The van der Waals surface area contributed by atoms with Gasteiger partial charge in [-0.3, -0.25) is 24.1 Å². The Morgan fingerprint density at radius 3 is 2.16 bits per heavy atom. The number of aryl methyl sites for hydroxylation is 2. The maximum atomic E-state index is 14.4. The Labute approximate surface area is 461 Å². The standard InChI is InChI=1S/C61H71N5O13/c1-10-20-78-59(72)64-32-44-25-43(42-17-12-36(4)51(26-42)74-8)31-63(44)56(69)46-27-53(75-9)54(28-47(46)64)77-22-11-21-76-52-29-48-45(23-37(52)5)57(70)65-34-61(18-19-61)30-49(65)58(71)66(48)60(73)79-33-41-15-13-40(14-16-41)24-50(67)39(7)62-55(68)38(6)35(2)3/h10,12-17,23,26-29,31,35,38-39,44,49,58,71H,1,11,18-22,24-25,30,32-34H2,2-9H3,(H,62,68)/t38-,39-,44-,49-,58?/m0/s1. The Bertz CT molecular complexity index is 3080. The molecule has 0 aromatic heterocycles. The van der Waals surface area contributed by atoms with E-state index < -0.39 is 36.5 Å². The van der Waals surface area contributed by atoms with Gasteiger partial charge in [0.15, 0.2) is 23.5 Å². The molecule has 4 aromatic rings. The van der Waals surface area contributed by atoms with Gasteiger partial charge in [0.05, 0.1) is 74.6 Å². The fourth-order valence-corrected chi connectivity index (χ4v) is 10.8. The number of carbonyl (C=O) groups is 6. The van der Waals surface area contributed by atoms with Crippen molar-refractivity contribution in [2.45, 2.75) is 111 Å². The summed E-state index contributed by atoms with van der Waals surface area (Å²) in [6.45, 7) is 15.6. The van der Waals surface area contributed by atoms with Gasteiger partial charge in [0.2, 0.25) is 5.91 Å². The number of ether oxygens (including phenoxy) is 6. The molecule has 4 aliphatic heterocycles. The molecule has 1 unspecified atom stereocenters. The molecule has 2 fully saturated rings. The molecule has 0 radical (unpaired) electrons. The molecule has 79 heavy (non-hydrogen) atoms. The van der Waals surface area contributed by atoms with Crippen molar-refractivity contribution in [1.29, 1.82) is 0 Å². The lowest BCUT2D eigenvalue weighted by atomic mass is 9.96. The highest BCUT2D eigenvalue weighted by molar-refractivity contribution is 6.07. The molecule has 5 atom stereocenters. The zero-order valence-electron chi connectivity index (χ0n) is 46.3. The first kappa shape index (κ1) is 55.9. The summed E-state index contributed by atoms with van der Waals surface area (Å²) >= 11 is 0. The third kappa shape index (κ3) is 11.7. The van der Waals surface area contributed by atoms with E-state index in [1.807, 2.05) is 59.0 Å². The zero-order chi connectivity index (χ0) is 56.4. The molecule has 0 bridgehead atoms. The van der Waals surface area contributed by atoms with Gasteiger partial charge in [0.25, 0.3) is 11.8 Å². The molecule has 1 saturated carbocycles. The minimum atomic E-state index is -1.42. The number of rotatable bonds is 19. The van der Waals surface area contributed by atoms with Crippen LogP contribution >= 0.6 is 0 Å². The maximum absolute atomic E-state index is 14.4. The first-order valence-corrected chi connectivity index (χ1v) is 27.1. The number of nitrogens with one attached hydrogen (secondary N) is 1. The minimum Gasteiger partial charge on any atom is -0.496 e. The third-order valence-corrected chi connectivity index (χ3v) is 16.1. The topological polar surface area (TPSA) is 203 Å². The lowest BCUT2D eigenvalue weighted by Gasteiger charge is -2.31. The summed E-state index contributed by atoms with van der Waals surface area (Å²) in [5.74, 6) is 0.658. The molecule has 18 heteroatoms. The van der Waals surface area contributed by atoms with Crippen molar-refractivity contribution in [3.8, 4) is 23.0 Å². The van der Waals surface area contributed by atoms with Crippen molar-refractivity contribution in [2.24, 2.45) is 17.3 Å². The van der Waals surface area contributed by atoms with Crippen molar-refractivity contribution in [3.63, 3.8) is 0 Å². The van der Waals surface area contributed by atoms with Gasteiger partial charge in [0.1, 0.15) is 24.7 Å². The molecular formula is C61H71N5O13. The monoisotopic (exact) mass is 1080 g/mol. The van der Waals surface area contributed by atoms with Crippen molar-refractivity contribution in [3.05, 3.63) is 125 Å². The van der Waals surface area contributed by atoms with E-state index in [0.717, 1.165) is 45.8 Å². The molecule has 18 nitrogen and oxygen atoms in total. The van der Waals surface area contributed by atoms with Crippen molar-refractivity contribution < 1.29 is 62.3 Å². The summed E-state index contributed by atoms with van der Waals surface area (Å²) in [5, 5.41) is 14.9. The van der Waals surface area contributed by atoms with Crippen LogP contribution in [0.15, 0.2) is 85.6 Å². The number of fused-ring (bicyclic) bond motifs is 4. The smallest absolute Gasteiger partial charge is 0.416 e. The second kappa shape index (κ2) is 23.2. The number of Topliss-reactive ketones (excluding diaryl/α,β-unsaturated/α-hetero) is 1. The van der Waals surface area contributed by atoms with Gasteiger partial charge in [-0.05, 0) is 109 Å². The van der Waals surface area contributed by atoms with Crippen LogP contribution in [0.4, 0.5) is 21.0 Å². The fraction of sp³-hybridized carbons (Fsp3) is 0.443. The predicted molar refractivity (Wildman–Crippen MR) is 295 cm³/mol. The maximum Gasteiger partial charge on any atom is 0.416 e. The fourth-order valence-electron chi connectivity index (χ4n) is 10.8. The average Bonchev–Trinajstić information content (AvgIpc) is 4.18. The van der Waals surface area contributed by atoms with E-state index in [-0.39, 0.29) is 108 Å². The minimum absolute atomic E-state index is 0.0357. The normalized spacial score (nSPS) is 19.5. The number of ketones is 1. The Hall–Kier alpha value is -7.86. The Kier molecular flexibility index (Phi) is 16.4. The van der Waals surface area contributed by atoms with Crippen LogP contribution in [-0.2, 0) is 32.1 Å². The van der Waals surface area contributed by atoms with Crippen LogP contribution in [0.3, 0.4) is 0 Å². The van der Waals surface area contributed by atoms with Gasteiger partial charge in [-0.1, -0.05) is 69.8 Å². The number of hydrogen-bond donors (Lipinski definition) is 2. The highest BCUT2D eigenvalue weighted by Crippen LogP contribution is 2.57. The summed E-state index contributed by atoms with van der Waals surface area (Å²) in [6, 6.07) is 17.7. The number of nitrogens with zero attached hydrogens (tertiary/aromatic N) is 4. The Balaban J connectivity index is 0.884. The number of hydrogen-bond acceptors (Lipinski definition) is 13. The van der Waals surface area contributed by atoms with Crippen LogP contribution < -0.4 is 34.1 Å². The van der Waals surface area contributed by atoms with Crippen LogP contribution in [0.25, 0.3) is 5.57 Å². The summed E-state index contributed by atoms with van der Waals surface area (Å²) in [7, 11) is 3.09. The zero-order valence-corrected chi connectivity index (χ0v) is 46.3. The highest BCUT2D eigenvalue weighted by atomic mass is 16.6. The van der Waals surface area contributed by atoms with E-state index in [2.05, 4.69) is 11.9 Å². The first-order chi connectivity index (χ1) is 37.8. The van der Waals surface area contributed by atoms with Crippen LogP contribution in [0.2, 0.25) is 0 Å². The molecule has 1 spiro atoms. The third-order valence-electron chi connectivity index (χ3n) is 16.1. The highest BCUT2D eigenvalue weighted by Gasteiger charge is 2.58. The molecule has 2 N–H and O–H groups in total. The van der Waals surface area contributed by atoms with Crippen LogP contribution in [0, 0.1) is 31.1 Å². The van der Waals surface area contributed by atoms with Gasteiger partial charge in [-0.2, -0.15) is 0 Å². The SMILES string of the molecule is C=CCOC(=O)N1C[C@@H]2CC(c3ccc(C)c(OC)c3)=CN2C(=O)c2cc(OC)c(OCCCOc3cc4c(cc3C)C(=O)N3CC5(CC5)C[C@H]3C(O)N4C(=O)OCc3ccc(CC(=O)[C@H](C)NC(=O)[C@@H](C)C(C)C)cc3)cc21. The molecule has 4 heterocycles. The van der Waals surface area contributed by atoms with Crippen LogP contribution in [0.5, 0.6) is 23.0 Å². The second-order valence-electron chi connectivity index (χ2n) is 21.9. The van der Waals surface area contributed by atoms with E-state index in [9.17, 15) is 33.9 Å². The van der Waals surface area contributed by atoms with Gasteiger partial charge in [0, 0.05) is 43.6 Å². The van der Waals surface area contributed by atoms with E-state index in [0.29, 0.717) is 48.4 Å². The molecule has 5 aliphatic rings. The lowest BCUT2D eigenvalue weighted by molar-refractivity contribution is -0.130. The van der Waals surface area contributed by atoms with E-state index in [1.54, 1.807) is 72.4 Å². The number of benzene rings is 4. The largest absolute Gasteiger partial charge is 0.496 e.